The molecule has 0 heterocycles. The van der Waals surface area contributed by atoms with E-state index in [0.29, 0.717) is 6.61 Å². The summed E-state index contributed by atoms with van der Waals surface area (Å²) in [5.41, 5.74) is 0. The Kier molecular flexibility index (Phi) is 6.84. The van der Waals surface area contributed by atoms with Gasteiger partial charge in [0.25, 0.3) is 0 Å². The van der Waals surface area contributed by atoms with Gasteiger partial charge in [0.15, 0.2) is 0 Å². The second-order valence-electron chi connectivity index (χ2n) is 3.21. The second kappa shape index (κ2) is 8.29. The molecule has 1 aromatic rings. The number of benzene rings is 1. The van der Waals surface area contributed by atoms with Crippen molar-refractivity contribution in [1.82, 2.24) is 0 Å². The summed E-state index contributed by atoms with van der Waals surface area (Å²) in [7, 11) is 1.67. The fourth-order valence-corrected chi connectivity index (χ4v) is 1.33. The number of ether oxygens (including phenoxy) is 2. The third-order valence-electron chi connectivity index (χ3n) is 2.00. The molecule has 1 rings (SSSR count). The SMILES string of the molecule is CO[C](=[Cr])CC/C=C/COc1ccccc1. The minimum atomic E-state index is 0.611. The van der Waals surface area contributed by atoms with Crippen LogP contribution in [0.1, 0.15) is 12.8 Å². The molecule has 0 bridgehead atoms. The molecule has 0 saturated carbocycles. The zero-order valence-corrected chi connectivity index (χ0v) is 10.7. The van der Waals surface area contributed by atoms with Crippen LogP contribution in [0.4, 0.5) is 0 Å². The van der Waals surface area contributed by atoms with Crippen molar-refractivity contribution in [2.24, 2.45) is 0 Å². The van der Waals surface area contributed by atoms with Crippen molar-refractivity contribution >= 4 is 4.57 Å². The molecule has 2 nitrogen and oxygen atoms in total. The summed E-state index contributed by atoms with van der Waals surface area (Å²) < 4.78 is 11.5. The van der Waals surface area contributed by atoms with Gasteiger partial charge in [-0.05, 0) is 0 Å². The first-order valence-corrected chi connectivity index (χ1v) is 5.86. The standard InChI is InChI=1S/C13H16O2.Cr/c1-14-11-7-2-3-8-12-15-13-9-5-4-6-10-13;/h3-6,8-10H,2,7,12H2,1H3;/b8-3+;. The van der Waals surface area contributed by atoms with E-state index < -0.39 is 0 Å². The van der Waals surface area contributed by atoms with E-state index in [1.54, 1.807) is 7.11 Å². The molecular weight excluding hydrogens is 240 g/mol. The Hall–Kier alpha value is -0.878. The summed E-state index contributed by atoms with van der Waals surface area (Å²) in [6.45, 7) is 0.611. The van der Waals surface area contributed by atoms with E-state index in [0.717, 1.165) is 23.2 Å². The average Bonchev–Trinajstić information content (AvgIpc) is 2.34. The van der Waals surface area contributed by atoms with Crippen LogP contribution in [0.15, 0.2) is 42.5 Å². The molecule has 0 N–H and O–H groups in total. The molecule has 0 aliphatic rings. The van der Waals surface area contributed by atoms with Crippen LogP contribution < -0.4 is 4.74 Å². The molecule has 0 spiro atoms. The van der Waals surface area contributed by atoms with Crippen LogP contribution in [0, 0.1) is 0 Å². The van der Waals surface area contributed by atoms with Gasteiger partial charge in [-0.25, -0.2) is 0 Å². The van der Waals surface area contributed by atoms with Gasteiger partial charge in [0.2, 0.25) is 0 Å². The van der Waals surface area contributed by atoms with Gasteiger partial charge >= 0.3 is 105 Å². The molecule has 0 aliphatic heterocycles. The van der Waals surface area contributed by atoms with Gasteiger partial charge in [-0.2, -0.15) is 0 Å². The second-order valence-corrected chi connectivity index (χ2v) is 3.92. The summed E-state index contributed by atoms with van der Waals surface area (Å²) in [6.07, 6.45) is 6.00. The van der Waals surface area contributed by atoms with Crippen molar-refractivity contribution in [1.29, 1.82) is 0 Å². The Morgan fingerprint density at radius 2 is 2.00 bits per heavy atom. The summed E-state index contributed by atoms with van der Waals surface area (Å²) in [5, 5.41) is 0. The summed E-state index contributed by atoms with van der Waals surface area (Å²) in [4.78, 5) is 0. The zero-order valence-electron chi connectivity index (χ0n) is 9.39. The van der Waals surface area contributed by atoms with E-state index in [2.05, 4.69) is 21.9 Å². The van der Waals surface area contributed by atoms with E-state index >= 15 is 0 Å². The third kappa shape index (κ3) is 5.87. The topological polar surface area (TPSA) is 18.5 Å². The number of hydrogen-bond donors (Lipinski definition) is 0. The Labute approximate surface area is 105 Å². The maximum absolute atomic E-state index is 5.51. The van der Waals surface area contributed by atoms with Crippen LogP contribution in [-0.4, -0.2) is 18.3 Å². The van der Waals surface area contributed by atoms with Gasteiger partial charge in [0.05, 0.1) is 0 Å². The number of hydrogen-bond acceptors (Lipinski definition) is 2. The molecule has 16 heavy (non-hydrogen) atoms. The first kappa shape index (κ1) is 13.2. The van der Waals surface area contributed by atoms with Crippen LogP contribution in [-0.2, 0) is 20.6 Å². The predicted molar refractivity (Wildman–Crippen MR) is 62.3 cm³/mol. The number of methoxy groups -OCH3 is 1. The normalized spacial score (nSPS) is 10.6. The van der Waals surface area contributed by atoms with Gasteiger partial charge in [-0.15, -0.1) is 0 Å². The van der Waals surface area contributed by atoms with Crippen molar-refractivity contribution < 1.29 is 25.3 Å². The molecule has 0 radical (unpaired) electrons. The molecular formula is C13H16CrO2. The number of rotatable bonds is 7. The van der Waals surface area contributed by atoms with Crippen molar-refractivity contribution in [2.45, 2.75) is 12.8 Å². The average molecular weight is 256 g/mol. The number of para-hydroxylation sites is 1. The molecule has 0 amide bonds. The molecule has 0 atom stereocenters. The first-order valence-electron chi connectivity index (χ1n) is 5.22. The van der Waals surface area contributed by atoms with Gasteiger partial charge in [0, 0.05) is 0 Å². The monoisotopic (exact) mass is 256 g/mol. The molecule has 0 unspecified atom stereocenters. The predicted octanol–water partition coefficient (Wildman–Crippen LogP) is 2.72. The molecule has 86 valence electrons. The molecule has 0 saturated heterocycles. The van der Waals surface area contributed by atoms with Gasteiger partial charge < -0.3 is 0 Å². The summed E-state index contributed by atoms with van der Waals surface area (Å²) >= 11 is 2.87. The van der Waals surface area contributed by atoms with E-state index in [-0.39, 0.29) is 0 Å². The first-order chi connectivity index (χ1) is 7.83. The molecule has 0 aromatic heterocycles. The Morgan fingerprint density at radius 3 is 2.69 bits per heavy atom. The summed E-state index contributed by atoms with van der Waals surface area (Å²) in [6, 6.07) is 9.80. The fraction of sp³-hybridized carbons (Fsp3) is 0.308. The molecule has 0 aliphatic carbocycles. The Balaban J connectivity index is 2.11. The molecule has 1 aromatic carbocycles. The number of allylic oxidation sites excluding steroid dienone is 1. The minimum absolute atomic E-state index is 0.611. The maximum atomic E-state index is 5.51. The van der Waals surface area contributed by atoms with Crippen molar-refractivity contribution in [3.05, 3.63) is 42.5 Å². The van der Waals surface area contributed by atoms with Crippen molar-refractivity contribution in [3.63, 3.8) is 0 Å². The van der Waals surface area contributed by atoms with Crippen LogP contribution in [0.2, 0.25) is 0 Å². The van der Waals surface area contributed by atoms with E-state index in [1.165, 1.54) is 0 Å². The van der Waals surface area contributed by atoms with E-state index in [1.807, 2.05) is 36.4 Å². The molecule has 0 fully saturated rings. The quantitative estimate of drug-likeness (QED) is 0.698. The van der Waals surface area contributed by atoms with Crippen LogP contribution >= 0.6 is 0 Å². The van der Waals surface area contributed by atoms with Crippen LogP contribution in [0.25, 0.3) is 0 Å². The Morgan fingerprint density at radius 1 is 1.25 bits per heavy atom. The van der Waals surface area contributed by atoms with Gasteiger partial charge in [-0.3, -0.25) is 0 Å². The van der Waals surface area contributed by atoms with Crippen LogP contribution in [0.3, 0.4) is 0 Å². The molecule has 3 heteroatoms. The van der Waals surface area contributed by atoms with Crippen molar-refractivity contribution in [3.8, 4) is 5.75 Å². The van der Waals surface area contributed by atoms with Crippen molar-refractivity contribution in [2.75, 3.05) is 13.7 Å². The van der Waals surface area contributed by atoms with Gasteiger partial charge in [0.1, 0.15) is 0 Å². The zero-order chi connectivity index (χ0) is 11.6. The third-order valence-corrected chi connectivity index (χ3v) is 2.58. The van der Waals surface area contributed by atoms with Gasteiger partial charge in [-0.1, -0.05) is 0 Å². The summed E-state index contributed by atoms with van der Waals surface area (Å²) in [5.74, 6) is 0.903. The van der Waals surface area contributed by atoms with E-state index in [4.69, 9.17) is 9.47 Å². The van der Waals surface area contributed by atoms with Crippen LogP contribution in [0.5, 0.6) is 5.75 Å². The fourth-order valence-electron chi connectivity index (χ4n) is 1.15. The van der Waals surface area contributed by atoms with E-state index in [9.17, 15) is 0 Å². The Bertz CT molecular complexity index is 333.